The third-order valence-corrected chi connectivity index (χ3v) is 4.39. The molecular formula is C15H17BrN2O2. The highest BCUT2D eigenvalue weighted by atomic mass is 79.9. The van der Waals surface area contributed by atoms with Crippen LogP contribution in [0.3, 0.4) is 0 Å². The lowest BCUT2D eigenvalue weighted by Crippen LogP contribution is -2.38. The molecule has 1 N–H and O–H groups in total. The third kappa shape index (κ3) is 2.60. The lowest BCUT2D eigenvalue weighted by molar-refractivity contribution is 0.0696. The SMILES string of the molecule is Cn1cc(Br)c2ccc(C(=O)NC3CCOCC3)cc21. The first-order chi connectivity index (χ1) is 9.65. The van der Waals surface area contributed by atoms with Crippen molar-refractivity contribution in [2.24, 2.45) is 7.05 Å². The van der Waals surface area contributed by atoms with Crippen molar-refractivity contribution in [2.75, 3.05) is 13.2 Å². The van der Waals surface area contributed by atoms with Crippen LogP contribution < -0.4 is 5.32 Å². The number of hydrogen-bond acceptors (Lipinski definition) is 2. The third-order valence-electron chi connectivity index (χ3n) is 3.76. The van der Waals surface area contributed by atoms with E-state index in [0.717, 1.165) is 41.4 Å². The van der Waals surface area contributed by atoms with Crippen molar-refractivity contribution in [1.82, 2.24) is 9.88 Å². The molecule has 2 heterocycles. The topological polar surface area (TPSA) is 43.3 Å². The van der Waals surface area contributed by atoms with E-state index in [9.17, 15) is 4.79 Å². The van der Waals surface area contributed by atoms with Crippen LogP contribution in [0.2, 0.25) is 0 Å². The van der Waals surface area contributed by atoms with Gasteiger partial charge in [-0.15, -0.1) is 0 Å². The first-order valence-electron chi connectivity index (χ1n) is 6.78. The molecule has 1 saturated heterocycles. The van der Waals surface area contributed by atoms with E-state index in [2.05, 4.69) is 21.2 Å². The average molecular weight is 337 g/mol. The molecule has 2 aromatic rings. The normalized spacial score (nSPS) is 16.5. The van der Waals surface area contributed by atoms with Crippen LogP contribution in [0.4, 0.5) is 0 Å². The molecule has 3 rings (SSSR count). The Hall–Kier alpha value is -1.33. The zero-order chi connectivity index (χ0) is 14.1. The smallest absolute Gasteiger partial charge is 0.251 e. The molecule has 1 fully saturated rings. The molecular weight excluding hydrogens is 320 g/mol. The highest BCUT2D eigenvalue weighted by Crippen LogP contribution is 2.26. The van der Waals surface area contributed by atoms with Crippen LogP contribution in [0.1, 0.15) is 23.2 Å². The summed E-state index contributed by atoms with van der Waals surface area (Å²) in [4.78, 5) is 12.3. The minimum absolute atomic E-state index is 0.00359. The number of rotatable bonds is 2. The van der Waals surface area contributed by atoms with Gasteiger partial charge < -0.3 is 14.6 Å². The molecule has 106 valence electrons. The van der Waals surface area contributed by atoms with Crippen molar-refractivity contribution < 1.29 is 9.53 Å². The summed E-state index contributed by atoms with van der Waals surface area (Å²) in [6.07, 6.45) is 3.79. The van der Waals surface area contributed by atoms with Crippen LogP contribution in [0.5, 0.6) is 0 Å². The van der Waals surface area contributed by atoms with Gasteiger partial charge in [0.1, 0.15) is 0 Å². The van der Waals surface area contributed by atoms with Crippen molar-refractivity contribution in [2.45, 2.75) is 18.9 Å². The minimum Gasteiger partial charge on any atom is -0.381 e. The van der Waals surface area contributed by atoms with Crippen LogP contribution >= 0.6 is 15.9 Å². The van der Waals surface area contributed by atoms with E-state index in [1.54, 1.807) is 0 Å². The maximum absolute atomic E-state index is 12.3. The number of nitrogens with one attached hydrogen (secondary N) is 1. The summed E-state index contributed by atoms with van der Waals surface area (Å²) in [7, 11) is 1.98. The highest BCUT2D eigenvalue weighted by molar-refractivity contribution is 9.10. The number of hydrogen-bond donors (Lipinski definition) is 1. The fourth-order valence-corrected chi connectivity index (χ4v) is 3.23. The Kier molecular flexibility index (Phi) is 3.81. The second-order valence-electron chi connectivity index (χ2n) is 5.18. The standard InChI is InChI=1S/C15H17BrN2O2/c1-18-9-13(16)12-3-2-10(8-14(12)18)15(19)17-11-4-6-20-7-5-11/h2-3,8-9,11H,4-7H2,1H3,(H,17,19). The van der Waals surface area contributed by atoms with E-state index >= 15 is 0 Å². The maximum atomic E-state index is 12.3. The summed E-state index contributed by atoms with van der Waals surface area (Å²) in [6.45, 7) is 1.46. The Balaban J connectivity index is 1.82. The van der Waals surface area contributed by atoms with Crippen LogP contribution in [0.25, 0.3) is 10.9 Å². The maximum Gasteiger partial charge on any atom is 0.251 e. The van der Waals surface area contributed by atoms with Crippen LogP contribution in [-0.4, -0.2) is 29.7 Å². The summed E-state index contributed by atoms with van der Waals surface area (Å²) in [5.74, 6) is -0.00359. The lowest BCUT2D eigenvalue weighted by atomic mass is 10.1. The van der Waals surface area contributed by atoms with Crippen molar-refractivity contribution >= 4 is 32.7 Å². The lowest BCUT2D eigenvalue weighted by Gasteiger charge is -2.23. The number of ether oxygens (including phenoxy) is 1. The Morgan fingerprint density at radius 3 is 2.90 bits per heavy atom. The molecule has 4 nitrogen and oxygen atoms in total. The summed E-state index contributed by atoms with van der Waals surface area (Å²) in [6, 6.07) is 6.03. The van der Waals surface area contributed by atoms with Gasteiger partial charge in [-0.2, -0.15) is 0 Å². The molecule has 0 bridgehead atoms. The molecule has 0 radical (unpaired) electrons. The minimum atomic E-state index is -0.00359. The number of carbonyl (C=O) groups excluding carboxylic acids is 1. The van der Waals surface area contributed by atoms with E-state index < -0.39 is 0 Å². The number of aromatic nitrogens is 1. The van der Waals surface area contributed by atoms with Crippen molar-refractivity contribution in [1.29, 1.82) is 0 Å². The highest BCUT2D eigenvalue weighted by Gasteiger charge is 2.17. The zero-order valence-corrected chi connectivity index (χ0v) is 12.9. The summed E-state index contributed by atoms with van der Waals surface area (Å²) in [5, 5.41) is 4.21. The summed E-state index contributed by atoms with van der Waals surface area (Å²) >= 11 is 3.52. The Labute approximate surface area is 126 Å². The monoisotopic (exact) mass is 336 g/mol. The largest absolute Gasteiger partial charge is 0.381 e. The van der Waals surface area contributed by atoms with Gasteiger partial charge in [-0.3, -0.25) is 4.79 Å². The van der Waals surface area contributed by atoms with E-state index in [4.69, 9.17) is 4.74 Å². The van der Waals surface area contributed by atoms with Gasteiger partial charge in [0, 0.05) is 53.4 Å². The molecule has 0 unspecified atom stereocenters. The van der Waals surface area contributed by atoms with Gasteiger partial charge in [-0.1, -0.05) is 6.07 Å². The van der Waals surface area contributed by atoms with Gasteiger partial charge in [-0.05, 0) is 40.9 Å². The fraction of sp³-hybridized carbons (Fsp3) is 0.400. The van der Waals surface area contributed by atoms with E-state index in [-0.39, 0.29) is 11.9 Å². The van der Waals surface area contributed by atoms with Crippen LogP contribution in [0, 0.1) is 0 Å². The van der Waals surface area contributed by atoms with Gasteiger partial charge >= 0.3 is 0 Å². The van der Waals surface area contributed by atoms with Gasteiger partial charge in [0.2, 0.25) is 0 Å². The molecule has 0 spiro atoms. The van der Waals surface area contributed by atoms with Gasteiger partial charge in [0.15, 0.2) is 0 Å². The summed E-state index contributed by atoms with van der Waals surface area (Å²) < 4.78 is 8.37. The van der Waals surface area contributed by atoms with Crippen LogP contribution in [0.15, 0.2) is 28.9 Å². The number of amides is 1. The van der Waals surface area contributed by atoms with Gasteiger partial charge in [-0.25, -0.2) is 0 Å². The average Bonchev–Trinajstić information content (AvgIpc) is 2.75. The van der Waals surface area contributed by atoms with E-state index in [1.807, 2.05) is 36.0 Å². The zero-order valence-electron chi connectivity index (χ0n) is 11.4. The molecule has 0 saturated carbocycles. The molecule has 1 aromatic heterocycles. The number of carbonyl (C=O) groups is 1. The number of halogens is 1. The molecule has 1 aromatic carbocycles. The predicted molar refractivity (Wildman–Crippen MR) is 81.9 cm³/mol. The Bertz CT molecular complexity index is 645. The molecule has 0 atom stereocenters. The first kappa shape index (κ1) is 13.6. The molecule has 1 amide bonds. The number of aryl methyl sites for hydroxylation is 1. The predicted octanol–water partition coefficient (Wildman–Crippen LogP) is 2.85. The molecule has 1 aliphatic rings. The second kappa shape index (κ2) is 5.58. The molecule has 20 heavy (non-hydrogen) atoms. The molecule has 1 aliphatic heterocycles. The van der Waals surface area contributed by atoms with Gasteiger partial charge in [0.05, 0.1) is 0 Å². The van der Waals surface area contributed by atoms with E-state index in [1.165, 1.54) is 0 Å². The number of benzene rings is 1. The van der Waals surface area contributed by atoms with Gasteiger partial charge in [0.25, 0.3) is 5.91 Å². The Morgan fingerprint density at radius 2 is 2.15 bits per heavy atom. The van der Waals surface area contributed by atoms with Crippen molar-refractivity contribution in [3.63, 3.8) is 0 Å². The number of nitrogens with zero attached hydrogens (tertiary/aromatic N) is 1. The van der Waals surface area contributed by atoms with Crippen molar-refractivity contribution in [3.05, 3.63) is 34.4 Å². The summed E-state index contributed by atoms with van der Waals surface area (Å²) in [5.41, 5.74) is 1.76. The molecule has 0 aliphatic carbocycles. The van der Waals surface area contributed by atoms with Crippen molar-refractivity contribution in [3.8, 4) is 0 Å². The van der Waals surface area contributed by atoms with E-state index in [0.29, 0.717) is 5.56 Å². The fourth-order valence-electron chi connectivity index (χ4n) is 2.59. The second-order valence-corrected chi connectivity index (χ2v) is 6.03. The Morgan fingerprint density at radius 1 is 1.40 bits per heavy atom. The van der Waals surface area contributed by atoms with Crippen LogP contribution in [-0.2, 0) is 11.8 Å². The molecule has 5 heteroatoms. The quantitative estimate of drug-likeness (QED) is 0.916. The number of fused-ring (bicyclic) bond motifs is 1. The first-order valence-corrected chi connectivity index (χ1v) is 7.57.